The molecule has 1 N–H and O–H groups in total. The summed E-state index contributed by atoms with van der Waals surface area (Å²) in [6, 6.07) is 0. The summed E-state index contributed by atoms with van der Waals surface area (Å²) < 4.78 is 27.5. The van der Waals surface area contributed by atoms with Gasteiger partial charge >= 0.3 is 19.8 Å². The Hall–Kier alpha value is -0.290. The molecule has 15 heavy (non-hydrogen) atoms. The standard InChI is InChI=1S/C8H17FO5P/c1-4-12-8(10)7(9)15(11,13-5-2)14-6-3/h7,11H,4-6H2,1-3H3/q+1. The summed E-state index contributed by atoms with van der Waals surface area (Å²) in [5.41, 5.74) is 0. The zero-order valence-corrected chi connectivity index (χ0v) is 10.00. The van der Waals surface area contributed by atoms with Crippen molar-refractivity contribution in [3.63, 3.8) is 0 Å². The van der Waals surface area contributed by atoms with E-state index in [0.29, 0.717) is 0 Å². The fourth-order valence-corrected chi connectivity index (χ4v) is 2.30. The van der Waals surface area contributed by atoms with Gasteiger partial charge in [0.25, 0.3) is 0 Å². The van der Waals surface area contributed by atoms with Crippen molar-refractivity contribution in [3.8, 4) is 0 Å². The zero-order valence-electron chi connectivity index (χ0n) is 9.10. The highest BCUT2D eigenvalue weighted by molar-refractivity contribution is 7.62. The number of carbonyl (C=O) groups excluding carboxylic acids is 1. The maximum absolute atomic E-state index is 13.5. The summed E-state index contributed by atoms with van der Waals surface area (Å²) in [5.74, 6) is -3.42. The quantitative estimate of drug-likeness (QED) is 0.544. The van der Waals surface area contributed by atoms with E-state index in [-0.39, 0.29) is 19.8 Å². The number of hydrogen-bond acceptors (Lipinski definition) is 5. The minimum absolute atomic E-state index is 0.0392. The lowest BCUT2D eigenvalue weighted by molar-refractivity contribution is -0.146. The Balaban J connectivity index is 4.52. The second-order valence-corrected chi connectivity index (χ2v) is 4.59. The van der Waals surface area contributed by atoms with Crippen molar-refractivity contribution in [1.82, 2.24) is 0 Å². The fraction of sp³-hybridized carbons (Fsp3) is 0.875. The molecule has 0 fully saturated rings. The molecule has 0 saturated carbocycles. The first kappa shape index (κ1) is 14.7. The lowest BCUT2D eigenvalue weighted by Crippen LogP contribution is -2.25. The van der Waals surface area contributed by atoms with Crippen molar-refractivity contribution in [2.75, 3.05) is 19.8 Å². The molecule has 90 valence electrons. The lowest BCUT2D eigenvalue weighted by Gasteiger charge is -2.17. The van der Waals surface area contributed by atoms with Crippen LogP contribution in [-0.2, 0) is 18.6 Å². The Bertz CT molecular complexity index is 195. The first-order valence-electron chi connectivity index (χ1n) is 4.73. The SMILES string of the molecule is CCOC(=O)C(F)[P+](O)(OCC)OCC. The minimum atomic E-state index is -3.79. The minimum Gasteiger partial charge on any atom is -0.461 e. The van der Waals surface area contributed by atoms with E-state index in [0.717, 1.165) is 0 Å². The normalized spacial score (nSPS) is 13.7. The third-order valence-electron chi connectivity index (χ3n) is 1.40. The molecule has 0 rings (SSSR count). The van der Waals surface area contributed by atoms with Crippen molar-refractivity contribution >= 4 is 13.9 Å². The fourth-order valence-electron chi connectivity index (χ4n) is 0.882. The zero-order chi connectivity index (χ0) is 11.9. The van der Waals surface area contributed by atoms with Gasteiger partial charge in [-0.25, -0.2) is 4.79 Å². The number of esters is 1. The van der Waals surface area contributed by atoms with Crippen LogP contribution in [0.1, 0.15) is 20.8 Å². The third kappa shape index (κ3) is 4.38. The highest BCUT2D eigenvalue weighted by Gasteiger charge is 2.56. The van der Waals surface area contributed by atoms with Crippen molar-refractivity contribution in [1.29, 1.82) is 0 Å². The molecule has 1 unspecified atom stereocenters. The van der Waals surface area contributed by atoms with Gasteiger partial charge in [0, 0.05) is 0 Å². The first-order chi connectivity index (χ1) is 7.01. The maximum Gasteiger partial charge on any atom is 0.457 e. The van der Waals surface area contributed by atoms with Crippen LogP contribution in [0.3, 0.4) is 0 Å². The predicted molar refractivity (Wildman–Crippen MR) is 53.9 cm³/mol. The van der Waals surface area contributed by atoms with Gasteiger partial charge in [0.1, 0.15) is 0 Å². The van der Waals surface area contributed by atoms with E-state index < -0.39 is 19.8 Å². The van der Waals surface area contributed by atoms with Crippen LogP contribution in [0.25, 0.3) is 0 Å². The molecule has 7 heteroatoms. The molecule has 0 saturated heterocycles. The molecular weight excluding hydrogens is 226 g/mol. The lowest BCUT2D eigenvalue weighted by atomic mass is 10.7. The van der Waals surface area contributed by atoms with Gasteiger partial charge in [-0.1, -0.05) is 0 Å². The molecule has 0 aromatic rings. The molecule has 1 atom stereocenters. The molecule has 0 radical (unpaired) electrons. The Morgan fingerprint density at radius 1 is 1.27 bits per heavy atom. The van der Waals surface area contributed by atoms with Crippen LogP contribution in [0.15, 0.2) is 0 Å². The average molecular weight is 243 g/mol. The summed E-state index contributed by atoms with van der Waals surface area (Å²) in [7, 11) is -3.79. The molecule has 0 spiro atoms. The number of carbonyl (C=O) groups is 1. The van der Waals surface area contributed by atoms with E-state index in [9.17, 15) is 14.1 Å². The largest absolute Gasteiger partial charge is 0.461 e. The Morgan fingerprint density at radius 3 is 2.07 bits per heavy atom. The Morgan fingerprint density at radius 2 is 1.73 bits per heavy atom. The molecular formula is C8H17FO5P+. The highest BCUT2D eigenvalue weighted by Crippen LogP contribution is 2.62. The van der Waals surface area contributed by atoms with E-state index in [2.05, 4.69) is 4.74 Å². The van der Waals surface area contributed by atoms with Crippen LogP contribution in [-0.4, -0.2) is 36.6 Å². The molecule has 0 aromatic carbocycles. The summed E-state index contributed by atoms with van der Waals surface area (Å²) in [6.07, 6.45) is 0. The second kappa shape index (κ2) is 7.06. The van der Waals surface area contributed by atoms with Crippen molar-refractivity contribution in [2.24, 2.45) is 0 Å². The van der Waals surface area contributed by atoms with Gasteiger partial charge in [-0.3, -0.25) is 0 Å². The van der Waals surface area contributed by atoms with E-state index >= 15 is 0 Å². The summed E-state index contributed by atoms with van der Waals surface area (Å²) in [4.78, 5) is 20.7. The van der Waals surface area contributed by atoms with Gasteiger partial charge in [-0.05, 0) is 20.8 Å². The number of alkyl halides is 1. The van der Waals surface area contributed by atoms with Gasteiger partial charge in [-0.2, -0.15) is 18.3 Å². The highest BCUT2D eigenvalue weighted by atomic mass is 31.2. The van der Waals surface area contributed by atoms with Gasteiger partial charge in [-0.15, -0.1) is 0 Å². The number of rotatable bonds is 7. The molecule has 0 aliphatic rings. The summed E-state index contributed by atoms with van der Waals surface area (Å²) >= 11 is 0. The predicted octanol–water partition coefficient (Wildman–Crippen LogP) is 1.67. The molecule has 0 aromatic heterocycles. The van der Waals surface area contributed by atoms with Crippen LogP contribution < -0.4 is 0 Å². The van der Waals surface area contributed by atoms with Crippen molar-refractivity contribution in [3.05, 3.63) is 0 Å². The average Bonchev–Trinajstić information content (AvgIpc) is 2.17. The monoisotopic (exact) mass is 243 g/mol. The summed E-state index contributed by atoms with van der Waals surface area (Å²) in [6.45, 7) is 4.85. The van der Waals surface area contributed by atoms with Crippen molar-refractivity contribution < 1.29 is 27.9 Å². The second-order valence-electron chi connectivity index (χ2n) is 2.49. The molecule has 0 heterocycles. The van der Waals surface area contributed by atoms with E-state index in [1.54, 1.807) is 20.8 Å². The van der Waals surface area contributed by atoms with Gasteiger partial charge in [0.15, 0.2) is 0 Å². The van der Waals surface area contributed by atoms with Crippen LogP contribution in [0.4, 0.5) is 4.39 Å². The molecule has 0 amide bonds. The van der Waals surface area contributed by atoms with E-state index in [1.165, 1.54) is 0 Å². The van der Waals surface area contributed by atoms with Crippen LogP contribution in [0.5, 0.6) is 0 Å². The maximum atomic E-state index is 13.5. The van der Waals surface area contributed by atoms with Crippen molar-refractivity contribution in [2.45, 2.75) is 26.7 Å². The Labute approximate surface area is 89.1 Å². The molecule has 0 bridgehead atoms. The first-order valence-corrected chi connectivity index (χ1v) is 6.37. The van der Waals surface area contributed by atoms with Gasteiger partial charge < -0.3 is 4.74 Å². The third-order valence-corrected chi connectivity index (χ3v) is 3.44. The number of hydrogen-bond donors (Lipinski definition) is 1. The Kier molecular flexibility index (Phi) is 6.92. The van der Waals surface area contributed by atoms with Crippen LogP contribution in [0.2, 0.25) is 0 Å². The molecule has 0 aliphatic carbocycles. The summed E-state index contributed by atoms with van der Waals surface area (Å²) in [5, 5.41) is 0. The number of ether oxygens (including phenoxy) is 1. The van der Waals surface area contributed by atoms with Gasteiger partial charge in [0.05, 0.1) is 19.8 Å². The van der Waals surface area contributed by atoms with Gasteiger partial charge in [0.2, 0.25) is 0 Å². The van der Waals surface area contributed by atoms with Crippen LogP contribution in [0, 0.1) is 0 Å². The van der Waals surface area contributed by atoms with Crippen LogP contribution >= 0.6 is 7.94 Å². The molecule has 5 nitrogen and oxygen atoms in total. The number of halogens is 1. The van der Waals surface area contributed by atoms with E-state index in [4.69, 9.17) is 9.05 Å². The smallest absolute Gasteiger partial charge is 0.457 e. The van der Waals surface area contributed by atoms with E-state index in [1.807, 2.05) is 0 Å². The topological polar surface area (TPSA) is 65.0 Å². The molecule has 0 aliphatic heterocycles.